The van der Waals surface area contributed by atoms with E-state index in [-0.39, 0.29) is 12.0 Å². The summed E-state index contributed by atoms with van der Waals surface area (Å²) in [6.45, 7) is 2.15. The van der Waals surface area contributed by atoms with Crippen molar-refractivity contribution in [3.05, 3.63) is 52.7 Å². The molecular weight excluding hydrogens is 372 g/mol. The summed E-state index contributed by atoms with van der Waals surface area (Å²) in [5.74, 6) is 1.29. The number of carbonyl (C=O) groups excluding carboxylic acids is 1. The zero-order valence-corrected chi connectivity index (χ0v) is 15.2. The number of benzene rings is 1. The molecule has 0 bridgehead atoms. The number of nitrogens with zero attached hydrogens (tertiary/aromatic N) is 2. The molecular formula is C18H19BrN2O3. The van der Waals surface area contributed by atoms with Crippen LogP contribution < -0.4 is 4.74 Å². The number of amidine groups is 1. The minimum atomic E-state index is -0.545. The SMILES string of the molecule is CCOC(=O)C1N=C2C=CC=CN2C1Cc1cc(Br)ccc1OC. The highest BCUT2D eigenvalue weighted by Gasteiger charge is 2.40. The lowest BCUT2D eigenvalue weighted by atomic mass is 9.98. The van der Waals surface area contributed by atoms with Gasteiger partial charge in [0.05, 0.1) is 19.8 Å². The average Bonchev–Trinajstić information content (AvgIpc) is 2.94. The molecule has 0 radical (unpaired) electrons. The van der Waals surface area contributed by atoms with Crippen LogP contribution in [0.2, 0.25) is 0 Å². The number of esters is 1. The van der Waals surface area contributed by atoms with Crippen molar-refractivity contribution in [1.29, 1.82) is 0 Å². The maximum atomic E-state index is 12.4. The Bertz CT molecular complexity index is 727. The van der Waals surface area contributed by atoms with Gasteiger partial charge in [-0.2, -0.15) is 0 Å². The van der Waals surface area contributed by atoms with Gasteiger partial charge in [0.2, 0.25) is 0 Å². The Morgan fingerprint density at radius 1 is 1.38 bits per heavy atom. The number of ether oxygens (including phenoxy) is 2. The van der Waals surface area contributed by atoms with Gasteiger partial charge in [-0.05, 0) is 49.3 Å². The second kappa shape index (κ2) is 7.21. The van der Waals surface area contributed by atoms with E-state index in [0.717, 1.165) is 21.6 Å². The molecule has 2 heterocycles. The number of allylic oxidation sites excluding steroid dienone is 2. The Morgan fingerprint density at radius 3 is 2.96 bits per heavy atom. The van der Waals surface area contributed by atoms with E-state index in [0.29, 0.717) is 13.0 Å². The third-order valence-corrected chi connectivity index (χ3v) is 4.55. The summed E-state index contributed by atoms with van der Waals surface area (Å²) in [6, 6.07) is 5.19. The van der Waals surface area contributed by atoms with Crippen molar-refractivity contribution in [2.24, 2.45) is 4.99 Å². The minimum Gasteiger partial charge on any atom is -0.496 e. The van der Waals surface area contributed by atoms with Gasteiger partial charge in [-0.25, -0.2) is 4.79 Å². The molecule has 0 fully saturated rings. The van der Waals surface area contributed by atoms with E-state index in [1.807, 2.05) is 47.5 Å². The summed E-state index contributed by atoms with van der Waals surface area (Å²) in [6.07, 6.45) is 8.34. The first-order valence-electron chi connectivity index (χ1n) is 7.84. The number of halogens is 1. The van der Waals surface area contributed by atoms with Gasteiger partial charge in [-0.15, -0.1) is 0 Å². The maximum Gasteiger partial charge on any atom is 0.333 e. The topological polar surface area (TPSA) is 51.1 Å². The molecule has 0 saturated carbocycles. The van der Waals surface area contributed by atoms with E-state index in [9.17, 15) is 4.79 Å². The molecule has 0 aromatic heterocycles. The molecule has 6 heteroatoms. The van der Waals surface area contributed by atoms with E-state index >= 15 is 0 Å². The van der Waals surface area contributed by atoms with Crippen molar-refractivity contribution in [2.45, 2.75) is 25.4 Å². The molecule has 126 valence electrons. The number of aliphatic imine (C=N–C) groups is 1. The fourth-order valence-electron chi connectivity index (χ4n) is 3.00. The number of carbonyl (C=O) groups is 1. The van der Waals surface area contributed by atoms with Crippen LogP contribution in [-0.4, -0.2) is 42.5 Å². The van der Waals surface area contributed by atoms with Crippen molar-refractivity contribution in [2.75, 3.05) is 13.7 Å². The maximum absolute atomic E-state index is 12.4. The molecule has 0 N–H and O–H groups in total. The molecule has 2 atom stereocenters. The highest BCUT2D eigenvalue weighted by Crippen LogP contribution is 2.30. The van der Waals surface area contributed by atoms with Gasteiger partial charge in [-0.3, -0.25) is 4.99 Å². The smallest absolute Gasteiger partial charge is 0.333 e. The summed E-state index contributed by atoms with van der Waals surface area (Å²) in [5, 5.41) is 0. The first kappa shape index (κ1) is 16.8. The van der Waals surface area contributed by atoms with Crippen LogP contribution in [0.15, 0.2) is 52.1 Å². The van der Waals surface area contributed by atoms with E-state index in [4.69, 9.17) is 9.47 Å². The molecule has 5 nitrogen and oxygen atoms in total. The standard InChI is InChI=1S/C18H19BrN2O3/c1-3-24-18(22)17-14(21-9-5-4-6-16(21)20-17)11-12-10-13(19)7-8-15(12)23-2/h4-10,14,17H,3,11H2,1-2H3. The van der Waals surface area contributed by atoms with Gasteiger partial charge < -0.3 is 14.4 Å². The van der Waals surface area contributed by atoms with E-state index in [1.165, 1.54) is 0 Å². The summed E-state index contributed by atoms with van der Waals surface area (Å²) >= 11 is 3.50. The molecule has 2 aliphatic heterocycles. The quantitative estimate of drug-likeness (QED) is 0.724. The number of rotatable bonds is 5. The van der Waals surface area contributed by atoms with Crippen molar-refractivity contribution in [3.8, 4) is 5.75 Å². The molecule has 0 amide bonds. The van der Waals surface area contributed by atoms with Crippen LogP contribution in [0, 0.1) is 0 Å². The predicted molar refractivity (Wildman–Crippen MR) is 96.2 cm³/mol. The number of hydrogen-bond acceptors (Lipinski definition) is 5. The highest BCUT2D eigenvalue weighted by molar-refractivity contribution is 9.10. The largest absolute Gasteiger partial charge is 0.496 e. The zero-order chi connectivity index (χ0) is 17.1. The Balaban J connectivity index is 1.92. The van der Waals surface area contributed by atoms with Crippen molar-refractivity contribution in [3.63, 3.8) is 0 Å². The molecule has 1 aromatic carbocycles. The lowest BCUT2D eigenvalue weighted by Crippen LogP contribution is -2.42. The van der Waals surface area contributed by atoms with Crippen LogP contribution in [0.3, 0.4) is 0 Å². The van der Waals surface area contributed by atoms with Gasteiger partial charge in [0.1, 0.15) is 11.6 Å². The first-order chi connectivity index (χ1) is 11.6. The van der Waals surface area contributed by atoms with Crippen LogP contribution in [0.25, 0.3) is 0 Å². The fourth-order valence-corrected chi connectivity index (χ4v) is 3.41. The summed E-state index contributed by atoms with van der Waals surface area (Å²) in [5.41, 5.74) is 1.02. The van der Waals surface area contributed by atoms with Crippen molar-refractivity contribution in [1.82, 2.24) is 4.90 Å². The molecule has 1 aromatic rings. The first-order valence-corrected chi connectivity index (χ1v) is 8.63. The van der Waals surface area contributed by atoms with Gasteiger partial charge in [0.15, 0.2) is 6.04 Å². The van der Waals surface area contributed by atoms with Gasteiger partial charge in [0, 0.05) is 10.7 Å². The van der Waals surface area contributed by atoms with Crippen LogP contribution in [0.5, 0.6) is 5.75 Å². The van der Waals surface area contributed by atoms with Gasteiger partial charge in [0.25, 0.3) is 0 Å². The molecule has 2 unspecified atom stereocenters. The van der Waals surface area contributed by atoms with Crippen LogP contribution >= 0.6 is 15.9 Å². The molecule has 24 heavy (non-hydrogen) atoms. The lowest BCUT2D eigenvalue weighted by molar-refractivity contribution is -0.145. The van der Waals surface area contributed by atoms with Gasteiger partial charge in [-0.1, -0.05) is 22.0 Å². The summed E-state index contributed by atoms with van der Waals surface area (Å²) in [7, 11) is 1.65. The fraction of sp³-hybridized carbons (Fsp3) is 0.333. The molecule has 0 aliphatic carbocycles. The second-order valence-electron chi connectivity index (χ2n) is 5.52. The number of hydrogen-bond donors (Lipinski definition) is 0. The Morgan fingerprint density at radius 2 is 2.21 bits per heavy atom. The van der Waals surface area contributed by atoms with Crippen LogP contribution in [0.1, 0.15) is 12.5 Å². The third-order valence-electron chi connectivity index (χ3n) is 4.06. The lowest BCUT2D eigenvalue weighted by Gasteiger charge is -2.27. The van der Waals surface area contributed by atoms with Crippen LogP contribution in [-0.2, 0) is 16.0 Å². The van der Waals surface area contributed by atoms with Crippen molar-refractivity contribution < 1.29 is 14.3 Å². The highest BCUT2D eigenvalue weighted by atomic mass is 79.9. The minimum absolute atomic E-state index is 0.136. The molecule has 3 rings (SSSR count). The predicted octanol–water partition coefficient (Wildman–Crippen LogP) is 3.10. The molecule has 0 saturated heterocycles. The number of methoxy groups -OCH3 is 1. The third kappa shape index (κ3) is 3.24. The van der Waals surface area contributed by atoms with Crippen LogP contribution in [0.4, 0.5) is 0 Å². The summed E-state index contributed by atoms with van der Waals surface area (Å²) < 4.78 is 11.7. The summed E-state index contributed by atoms with van der Waals surface area (Å²) in [4.78, 5) is 19.0. The number of fused-ring (bicyclic) bond motifs is 1. The zero-order valence-electron chi connectivity index (χ0n) is 13.6. The van der Waals surface area contributed by atoms with Gasteiger partial charge >= 0.3 is 5.97 Å². The normalized spacial score (nSPS) is 21.5. The van der Waals surface area contributed by atoms with E-state index in [1.54, 1.807) is 14.0 Å². The monoisotopic (exact) mass is 390 g/mol. The molecule has 0 spiro atoms. The van der Waals surface area contributed by atoms with E-state index in [2.05, 4.69) is 20.9 Å². The molecule has 2 aliphatic rings. The Hall–Kier alpha value is -2.08. The second-order valence-corrected chi connectivity index (χ2v) is 6.44. The Labute approximate surface area is 149 Å². The van der Waals surface area contributed by atoms with Crippen molar-refractivity contribution >= 4 is 27.7 Å². The van der Waals surface area contributed by atoms with E-state index < -0.39 is 6.04 Å². The average molecular weight is 391 g/mol. The Kier molecular flexibility index (Phi) is 5.04.